The topological polar surface area (TPSA) is 12.0 Å². The summed E-state index contributed by atoms with van der Waals surface area (Å²) < 4.78 is 13.3. The van der Waals surface area contributed by atoms with Crippen molar-refractivity contribution in [1.29, 1.82) is 0 Å². The molecule has 0 heterocycles. The van der Waals surface area contributed by atoms with E-state index in [9.17, 15) is 4.39 Å². The molecule has 1 unspecified atom stereocenters. The summed E-state index contributed by atoms with van der Waals surface area (Å²) in [6.45, 7) is 3.18. The summed E-state index contributed by atoms with van der Waals surface area (Å²) in [5.41, 5.74) is 0.933. The molecule has 1 aromatic rings. The lowest BCUT2D eigenvalue weighted by atomic mass is 10.0. The molecule has 2 rings (SSSR count). The Hall–Kier alpha value is -0.600. The molecular weight excluding hydrogens is 249 g/mol. The number of rotatable bonds is 7. The van der Waals surface area contributed by atoms with Gasteiger partial charge in [-0.2, -0.15) is 0 Å². The summed E-state index contributed by atoms with van der Waals surface area (Å²) in [5, 5.41) is 3.85. The third-order valence-corrected chi connectivity index (χ3v) is 4.07. The van der Waals surface area contributed by atoms with Gasteiger partial charge in [-0.05, 0) is 56.2 Å². The van der Waals surface area contributed by atoms with Gasteiger partial charge in [0.05, 0.1) is 5.02 Å². The van der Waals surface area contributed by atoms with Crippen molar-refractivity contribution in [3.63, 3.8) is 0 Å². The van der Waals surface area contributed by atoms with Crippen LogP contribution in [0.15, 0.2) is 18.2 Å². The minimum absolute atomic E-state index is 0.295. The van der Waals surface area contributed by atoms with Crippen LogP contribution in [-0.2, 0) is 6.42 Å². The van der Waals surface area contributed by atoms with E-state index in [1.54, 1.807) is 6.07 Å². The molecule has 0 spiro atoms. The molecule has 3 heteroatoms. The largest absolute Gasteiger partial charge is 0.314 e. The van der Waals surface area contributed by atoms with Gasteiger partial charge in [0, 0.05) is 6.04 Å². The number of nitrogens with one attached hydrogen (secondary N) is 1. The Bertz CT molecular complexity index is 390. The second kappa shape index (κ2) is 6.53. The quantitative estimate of drug-likeness (QED) is 0.783. The van der Waals surface area contributed by atoms with Crippen LogP contribution in [0.1, 0.15) is 38.2 Å². The highest BCUT2D eigenvalue weighted by Crippen LogP contribution is 2.34. The van der Waals surface area contributed by atoms with E-state index in [-0.39, 0.29) is 5.82 Å². The Kier molecular flexibility index (Phi) is 5.02. The molecule has 1 aliphatic carbocycles. The van der Waals surface area contributed by atoms with E-state index < -0.39 is 0 Å². The lowest BCUT2D eigenvalue weighted by molar-refractivity contribution is 0.434. The molecule has 1 aliphatic rings. The van der Waals surface area contributed by atoms with Crippen LogP contribution < -0.4 is 5.32 Å². The summed E-state index contributed by atoms with van der Waals surface area (Å²) in [5.74, 6) is 0.563. The van der Waals surface area contributed by atoms with Crippen molar-refractivity contribution in [2.45, 2.75) is 45.1 Å². The van der Waals surface area contributed by atoms with Gasteiger partial charge in [-0.3, -0.25) is 0 Å². The van der Waals surface area contributed by atoms with E-state index in [1.807, 2.05) is 6.07 Å². The minimum Gasteiger partial charge on any atom is -0.314 e. The van der Waals surface area contributed by atoms with Gasteiger partial charge in [-0.25, -0.2) is 4.39 Å². The lowest BCUT2D eigenvalue weighted by Crippen LogP contribution is -2.30. The fourth-order valence-electron chi connectivity index (χ4n) is 2.52. The van der Waals surface area contributed by atoms with Gasteiger partial charge in [0.15, 0.2) is 0 Å². The molecule has 1 atom stereocenters. The average Bonchev–Trinajstić information content (AvgIpc) is 3.17. The Morgan fingerprint density at radius 1 is 1.44 bits per heavy atom. The van der Waals surface area contributed by atoms with E-state index in [2.05, 4.69) is 12.2 Å². The molecule has 0 radical (unpaired) electrons. The zero-order chi connectivity index (χ0) is 13.0. The molecule has 1 nitrogen and oxygen atoms in total. The Labute approximate surface area is 114 Å². The summed E-state index contributed by atoms with van der Waals surface area (Å²) in [6, 6.07) is 5.71. The second-order valence-corrected chi connectivity index (χ2v) is 5.48. The number of halogens is 2. The maximum Gasteiger partial charge on any atom is 0.142 e. The van der Waals surface area contributed by atoms with Crippen LogP contribution in [0.4, 0.5) is 4.39 Å². The predicted octanol–water partition coefficient (Wildman–Crippen LogP) is 4.19. The van der Waals surface area contributed by atoms with Gasteiger partial charge >= 0.3 is 0 Å². The van der Waals surface area contributed by atoms with Crippen molar-refractivity contribution in [1.82, 2.24) is 5.32 Å². The highest BCUT2D eigenvalue weighted by Gasteiger charge is 2.29. The minimum atomic E-state index is -0.306. The standard InChI is InChI=1S/C15H21ClFN/c1-2-18-14(11-9-10-11)8-4-6-12-5-3-7-13(17)15(12)16/h3,5,7,11,14,18H,2,4,6,8-10H2,1H3. The molecule has 100 valence electrons. The van der Waals surface area contributed by atoms with Crippen LogP contribution >= 0.6 is 11.6 Å². The number of benzene rings is 1. The normalized spacial score (nSPS) is 16.8. The van der Waals surface area contributed by atoms with Crippen LogP contribution in [0.25, 0.3) is 0 Å². The molecule has 1 fully saturated rings. The first kappa shape index (κ1) is 13.8. The maximum atomic E-state index is 13.3. The van der Waals surface area contributed by atoms with E-state index in [0.717, 1.165) is 37.3 Å². The van der Waals surface area contributed by atoms with Crippen molar-refractivity contribution < 1.29 is 4.39 Å². The first-order valence-electron chi connectivity index (χ1n) is 6.88. The van der Waals surface area contributed by atoms with Crippen LogP contribution in [0.5, 0.6) is 0 Å². The molecule has 0 aromatic heterocycles. The van der Waals surface area contributed by atoms with E-state index >= 15 is 0 Å². The van der Waals surface area contributed by atoms with Gasteiger partial charge in [0.2, 0.25) is 0 Å². The first-order chi connectivity index (χ1) is 8.72. The number of hydrogen-bond acceptors (Lipinski definition) is 1. The van der Waals surface area contributed by atoms with E-state index in [0.29, 0.717) is 11.1 Å². The molecule has 0 amide bonds. The van der Waals surface area contributed by atoms with E-state index in [1.165, 1.54) is 18.9 Å². The summed E-state index contributed by atoms with van der Waals surface area (Å²) in [6.07, 6.45) is 5.81. The zero-order valence-electron chi connectivity index (χ0n) is 10.9. The molecule has 18 heavy (non-hydrogen) atoms. The maximum absolute atomic E-state index is 13.3. The summed E-state index contributed by atoms with van der Waals surface area (Å²) in [4.78, 5) is 0. The second-order valence-electron chi connectivity index (χ2n) is 5.11. The van der Waals surface area contributed by atoms with Gasteiger partial charge in [0.25, 0.3) is 0 Å². The smallest absolute Gasteiger partial charge is 0.142 e. The van der Waals surface area contributed by atoms with Crippen molar-refractivity contribution in [2.24, 2.45) is 5.92 Å². The molecule has 0 aliphatic heterocycles. The zero-order valence-corrected chi connectivity index (χ0v) is 11.6. The van der Waals surface area contributed by atoms with Crippen molar-refractivity contribution in [3.8, 4) is 0 Å². The monoisotopic (exact) mass is 269 g/mol. The molecule has 0 saturated heterocycles. The van der Waals surface area contributed by atoms with Crippen LogP contribution in [0.2, 0.25) is 5.02 Å². The van der Waals surface area contributed by atoms with Gasteiger partial charge in [0.1, 0.15) is 5.82 Å². The third-order valence-electron chi connectivity index (χ3n) is 3.65. The third kappa shape index (κ3) is 3.69. The first-order valence-corrected chi connectivity index (χ1v) is 7.26. The SMILES string of the molecule is CCNC(CCCc1cccc(F)c1Cl)C1CC1. The molecule has 0 bridgehead atoms. The van der Waals surface area contributed by atoms with Crippen molar-refractivity contribution in [2.75, 3.05) is 6.54 Å². The Balaban J connectivity index is 1.81. The summed E-state index contributed by atoms with van der Waals surface area (Å²) in [7, 11) is 0. The molecule has 1 saturated carbocycles. The molecule has 1 N–H and O–H groups in total. The van der Waals surface area contributed by atoms with Gasteiger partial charge in [-0.15, -0.1) is 0 Å². The predicted molar refractivity (Wildman–Crippen MR) is 74.5 cm³/mol. The van der Waals surface area contributed by atoms with Crippen LogP contribution in [0, 0.1) is 11.7 Å². The molecular formula is C15H21ClFN. The van der Waals surface area contributed by atoms with Gasteiger partial charge in [-0.1, -0.05) is 30.7 Å². The van der Waals surface area contributed by atoms with Crippen molar-refractivity contribution >= 4 is 11.6 Å². The van der Waals surface area contributed by atoms with Crippen molar-refractivity contribution in [3.05, 3.63) is 34.6 Å². The average molecular weight is 270 g/mol. The Morgan fingerprint density at radius 3 is 2.89 bits per heavy atom. The summed E-state index contributed by atoms with van der Waals surface area (Å²) >= 11 is 5.95. The molecule has 1 aromatic carbocycles. The fourth-order valence-corrected chi connectivity index (χ4v) is 2.74. The van der Waals surface area contributed by atoms with Crippen LogP contribution in [0.3, 0.4) is 0 Å². The highest BCUT2D eigenvalue weighted by molar-refractivity contribution is 6.31. The Morgan fingerprint density at radius 2 is 2.22 bits per heavy atom. The number of aryl methyl sites for hydroxylation is 1. The lowest BCUT2D eigenvalue weighted by Gasteiger charge is -2.17. The van der Waals surface area contributed by atoms with Gasteiger partial charge < -0.3 is 5.32 Å². The highest BCUT2D eigenvalue weighted by atomic mass is 35.5. The van der Waals surface area contributed by atoms with Crippen LogP contribution in [-0.4, -0.2) is 12.6 Å². The van der Waals surface area contributed by atoms with E-state index in [4.69, 9.17) is 11.6 Å². The fraction of sp³-hybridized carbons (Fsp3) is 0.600. The number of hydrogen-bond donors (Lipinski definition) is 1.